The normalized spacial score (nSPS) is 13.6. The maximum Gasteiger partial charge on any atom is 0.323 e. The van der Waals surface area contributed by atoms with Crippen molar-refractivity contribution in [3.8, 4) is 17.2 Å². The van der Waals surface area contributed by atoms with Gasteiger partial charge in [-0.05, 0) is 49.1 Å². The van der Waals surface area contributed by atoms with Gasteiger partial charge in [-0.1, -0.05) is 35.9 Å². The molecule has 0 radical (unpaired) electrons. The largest absolute Gasteiger partial charge is 0.480 e. The third-order valence-electron chi connectivity index (χ3n) is 5.03. The molecule has 2 aromatic carbocycles. The molecule has 10 heteroatoms. The van der Waals surface area contributed by atoms with Gasteiger partial charge in [0.15, 0.2) is 11.1 Å². The van der Waals surface area contributed by atoms with Crippen LogP contribution in [-0.4, -0.2) is 38.4 Å². The van der Waals surface area contributed by atoms with Crippen molar-refractivity contribution in [1.29, 1.82) is 5.26 Å². The highest BCUT2D eigenvalue weighted by atomic mass is 35.5. The van der Waals surface area contributed by atoms with Gasteiger partial charge in [-0.25, -0.2) is 4.39 Å². The second-order valence-corrected chi connectivity index (χ2v) is 7.94. The summed E-state index contributed by atoms with van der Waals surface area (Å²) in [5, 5.41) is 31.6. The molecule has 0 saturated carbocycles. The lowest BCUT2D eigenvalue weighted by Crippen LogP contribution is -2.42. The highest BCUT2D eigenvalue weighted by Crippen LogP contribution is 2.28. The van der Waals surface area contributed by atoms with Crippen molar-refractivity contribution in [3.63, 3.8) is 0 Å². The topological polar surface area (TPSA) is 132 Å². The van der Waals surface area contributed by atoms with Gasteiger partial charge < -0.3 is 10.4 Å². The van der Waals surface area contributed by atoms with Crippen LogP contribution in [0.3, 0.4) is 0 Å². The number of benzene rings is 2. The van der Waals surface area contributed by atoms with Crippen molar-refractivity contribution in [2.75, 3.05) is 0 Å². The number of halogens is 2. The molecule has 164 valence electrons. The third kappa shape index (κ3) is 5.28. The van der Waals surface area contributed by atoms with E-state index in [1.807, 2.05) is 0 Å². The number of nitriles is 1. The van der Waals surface area contributed by atoms with Crippen LogP contribution >= 0.6 is 11.6 Å². The van der Waals surface area contributed by atoms with Crippen molar-refractivity contribution in [2.24, 2.45) is 5.41 Å². The number of hydrogen-bond donors (Lipinski definition) is 3. The summed E-state index contributed by atoms with van der Waals surface area (Å²) in [6.07, 6.45) is 1.35. The number of amides is 1. The van der Waals surface area contributed by atoms with Gasteiger partial charge in [-0.15, -0.1) is 0 Å². The van der Waals surface area contributed by atoms with Crippen LogP contribution in [-0.2, 0) is 11.2 Å². The molecule has 32 heavy (non-hydrogen) atoms. The predicted octanol–water partition coefficient (Wildman–Crippen LogP) is 3.61. The molecule has 3 aromatic rings. The van der Waals surface area contributed by atoms with Gasteiger partial charge in [0.1, 0.15) is 5.82 Å². The molecule has 2 atom stereocenters. The molecule has 0 bridgehead atoms. The zero-order chi connectivity index (χ0) is 23.3. The smallest absolute Gasteiger partial charge is 0.323 e. The molecule has 8 nitrogen and oxygen atoms in total. The second kappa shape index (κ2) is 9.58. The van der Waals surface area contributed by atoms with E-state index in [2.05, 4.69) is 20.7 Å². The Bertz CT molecular complexity index is 1160. The lowest BCUT2D eigenvalue weighted by Gasteiger charge is -2.25. The minimum Gasteiger partial charge on any atom is -0.480 e. The van der Waals surface area contributed by atoms with E-state index in [9.17, 15) is 24.3 Å². The van der Waals surface area contributed by atoms with E-state index in [1.165, 1.54) is 31.3 Å². The molecule has 0 fully saturated rings. The fraction of sp³-hybridized carbons (Fsp3) is 0.227. The standard InChI is InChI=1S/C22H19ClFN5O3/c1-22(12-25,21(31)32)10-16(27-20(30)19-11-26-29-28-19)8-13-2-4-14(5-3-13)17-9-15(23)6-7-18(17)24/h2-7,9,11,16H,8,10H2,1H3,(H,27,30)(H,31,32)(H,26,28,29)/t16?,22-/m1/s1. The first-order chi connectivity index (χ1) is 15.2. The number of aromatic amines is 1. The summed E-state index contributed by atoms with van der Waals surface area (Å²) in [4.78, 5) is 24.0. The van der Waals surface area contributed by atoms with Gasteiger partial charge in [0.2, 0.25) is 0 Å². The molecule has 1 aromatic heterocycles. The molecule has 1 unspecified atom stereocenters. The monoisotopic (exact) mass is 455 g/mol. The van der Waals surface area contributed by atoms with Crippen LogP contribution in [0.1, 0.15) is 29.4 Å². The molecule has 0 aliphatic carbocycles. The molecule has 3 N–H and O–H groups in total. The van der Waals surface area contributed by atoms with Gasteiger partial charge in [0.25, 0.3) is 5.91 Å². The Kier molecular flexibility index (Phi) is 6.85. The number of aliphatic carboxylic acids is 1. The number of carboxylic acid groups (broad SMARTS) is 1. The van der Waals surface area contributed by atoms with Crippen LogP contribution < -0.4 is 5.32 Å². The number of hydrogen-bond acceptors (Lipinski definition) is 5. The molecular formula is C22H19ClFN5O3. The Labute approximate surface area is 188 Å². The zero-order valence-electron chi connectivity index (χ0n) is 17.0. The van der Waals surface area contributed by atoms with Gasteiger partial charge in [0, 0.05) is 16.6 Å². The number of aromatic nitrogens is 3. The maximum atomic E-state index is 14.1. The summed E-state index contributed by atoms with van der Waals surface area (Å²) in [6, 6.07) is 12.3. The first-order valence-electron chi connectivity index (χ1n) is 9.57. The Morgan fingerprint density at radius 3 is 2.62 bits per heavy atom. The fourth-order valence-electron chi connectivity index (χ4n) is 3.24. The predicted molar refractivity (Wildman–Crippen MR) is 114 cm³/mol. The highest BCUT2D eigenvalue weighted by Gasteiger charge is 2.37. The zero-order valence-corrected chi connectivity index (χ0v) is 17.7. The first kappa shape index (κ1) is 22.9. The molecule has 0 aliphatic rings. The van der Waals surface area contributed by atoms with Crippen LogP contribution in [0.4, 0.5) is 4.39 Å². The molecular weight excluding hydrogens is 437 g/mol. The third-order valence-corrected chi connectivity index (χ3v) is 5.27. The first-order valence-corrected chi connectivity index (χ1v) is 9.95. The van der Waals surface area contributed by atoms with Gasteiger partial charge >= 0.3 is 5.97 Å². The number of carboxylic acids is 1. The van der Waals surface area contributed by atoms with Crippen LogP contribution in [0.5, 0.6) is 0 Å². The Balaban J connectivity index is 1.83. The van der Waals surface area contributed by atoms with Gasteiger partial charge in [0.05, 0.1) is 12.3 Å². The van der Waals surface area contributed by atoms with Crippen molar-refractivity contribution in [2.45, 2.75) is 25.8 Å². The average Bonchev–Trinajstić information content (AvgIpc) is 3.31. The lowest BCUT2D eigenvalue weighted by molar-refractivity contribution is -0.145. The Morgan fingerprint density at radius 2 is 2.03 bits per heavy atom. The van der Waals surface area contributed by atoms with E-state index in [1.54, 1.807) is 30.3 Å². The lowest BCUT2D eigenvalue weighted by atomic mass is 9.83. The van der Waals surface area contributed by atoms with Crippen LogP contribution in [0.25, 0.3) is 11.1 Å². The van der Waals surface area contributed by atoms with Crippen molar-refractivity contribution in [3.05, 3.63) is 70.8 Å². The number of carbonyl (C=O) groups is 2. The van der Waals surface area contributed by atoms with E-state index in [0.717, 1.165) is 5.56 Å². The molecule has 0 aliphatic heterocycles. The van der Waals surface area contributed by atoms with Crippen molar-refractivity contribution in [1.82, 2.24) is 20.7 Å². The second-order valence-electron chi connectivity index (χ2n) is 7.50. The summed E-state index contributed by atoms with van der Waals surface area (Å²) in [5.74, 6) is -2.24. The number of carbonyl (C=O) groups excluding carboxylic acids is 1. The average molecular weight is 456 g/mol. The number of rotatable bonds is 8. The number of H-pyrrole nitrogens is 1. The minimum absolute atomic E-state index is 0.0377. The Morgan fingerprint density at radius 1 is 1.31 bits per heavy atom. The van der Waals surface area contributed by atoms with E-state index in [0.29, 0.717) is 16.1 Å². The SMILES string of the molecule is C[C@](C#N)(CC(Cc1ccc(-c2cc(Cl)ccc2F)cc1)NC(=O)c1cn[nH]n1)C(=O)O. The van der Waals surface area contributed by atoms with E-state index >= 15 is 0 Å². The van der Waals surface area contributed by atoms with Crippen LogP contribution in [0.15, 0.2) is 48.7 Å². The number of nitrogens with one attached hydrogen (secondary N) is 2. The van der Waals surface area contributed by atoms with Gasteiger partial charge in [-0.3, -0.25) is 9.59 Å². The molecule has 1 heterocycles. The van der Waals surface area contributed by atoms with E-state index in [-0.39, 0.29) is 18.5 Å². The van der Waals surface area contributed by atoms with Gasteiger partial charge in [-0.2, -0.15) is 20.7 Å². The molecule has 0 spiro atoms. The molecule has 3 rings (SSSR count). The quantitative estimate of drug-likeness (QED) is 0.475. The van der Waals surface area contributed by atoms with Crippen LogP contribution in [0.2, 0.25) is 5.02 Å². The summed E-state index contributed by atoms with van der Waals surface area (Å²) >= 11 is 5.97. The van der Waals surface area contributed by atoms with Crippen molar-refractivity contribution < 1.29 is 19.1 Å². The Hall–Kier alpha value is -3.77. The summed E-state index contributed by atoms with van der Waals surface area (Å²) in [5.41, 5.74) is 0.0568. The summed E-state index contributed by atoms with van der Waals surface area (Å²) in [6.45, 7) is 1.30. The minimum atomic E-state index is -1.70. The molecule has 0 saturated heterocycles. The van der Waals surface area contributed by atoms with E-state index in [4.69, 9.17) is 11.6 Å². The van der Waals surface area contributed by atoms with Crippen LogP contribution in [0, 0.1) is 22.6 Å². The summed E-state index contributed by atoms with van der Waals surface area (Å²) in [7, 11) is 0. The van der Waals surface area contributed by atoms with E-state index < -0.39 is 29.2 Å². The van der Waals surface area contributed by atoms with Crippen molar-refractivity contribution >= 4 is 23.5 Å². The number of nitrogens with zero attached hydrogens (tertiary/aromatic N) is 3. The maximum absolute atomic E-state index is 14.1. The highest BCUT2D eigenvalue weighted by molar-refractivity contribution is 6.30. The summed E-state index contributed by atoms with van der Waals surface area (Å²) < 4.78 is 14.1. The molecule has 1 amide bonds. The fourth-order valence-corrected chi connectivity index (χ4v) is 3.41.